The molecular weight excluding hydrogens is 404 g/mol. The molecule has 4 N–H and O–H groups in total. The first-order valence-electron chi connectivity index (χ1n) is 9.83. The van der Waals surface area contributed by atoms with Gasteiger partial charge in [-0.05, 0) is 31.2 Å². The highest BCUT2D eigenvalue weighted by Crippen LogP contribution is 2.13. The highest BCUT2D eigenvalue weighted by atomic mass is 32.1. The van der Waals surface area contributed by atoms with Crippen LogP contribution in [-0.4, -0.2) is 42.5 Å². The van der Waals surface area contributed by atoms with E-state index in [1.54, 1.807) is 0 Å². The molecule has 0 aliphatic heterocycles. The lowest BCUT2D eigenvalue weighted by molar-refractivity contribution is -0.141. The van der Waals surface area contributed by atoms with Gasteiger partial charge in [-0.25, -0.2) is 4.98 Å². The number of rotatable bonds is 12. The smallest absolute Gasteiger partial charge is 0.307 e. The first-order chi connectivity index (χ1) is 14.5. The number of methoxy groups -OCH3 is 1. The number of nitrogens with one attached hydrogen (secondary N) is 2. The molecule has 9 heteroatoms. The summed E-state index contributed by atoms with van der Waals surface area (Å²) in [5.41, 5.74) is 7.57. The number of esters is 1. The zero-order valence-corrected chi connectivity index (χ0v) is 17.9. The van der Waals surface area contributed by atoms with Gasteiger partial charge in [0.15, 0.2) is 5.13 Å². The number of carbonyl (C=O) groups is 3. The Morgan fingerprint density at radius 2 is 1.93 bits per heavy atom. The molecule has 0 fully saturated rings. The number of aryl methyl sites for hydroxylation is 2. The minimum atomic E-state index is -0.389. The molecule has 1 heterocycles. The van der Waals surface area contributed by atoms with Gasteiger partial charge in [0.25, 0.3) is 0 Å². The van der Waals surface area contributed by atoms with E-state index in [-0.39, 0.29) is 36.8 Å². The number of carbonyl (C=O) groups excluding carboxylic acids is 3. The van der Waals surface area contributed by atoms with E-state index in [9.17, 15) is 14.4 Å². The van der Waals surface area contributed by atoms with Gasteiger partial charge in [0.1, 0.15) is 0 Å². The minimum Gasteiger partial charge on any atom is -0.469 e. The van der Waals surface area contributed by atoms with Crippen molar-refractivity contribution in [2.75, 3.05) is 19.4 Å². The Labute approximate surface area is 180 Å². The number of nitrogens with two attached hydrogens (primary N) is 1. The molecule has 8 nitrogen and oxygen atoms in total. The summed E-state index contributed by atoms with van der Waals surface area (Å²) in [6, 6.07) is 9.46. The fourth-order valence-electron chi connectivity index (χ4n) is 2.91. The monoisotopic (exact) mass is 432 g/mol. The van der Waals surface area contributed by atoms with Crippen molar-refractivity contribution in [3.63, 3.8) is 0 Å². The molecule has 0 saturated carbocycles. The Bertz CT molecular complexity index is 825. The lowest BCUT2D eigenvalue weighted by Gasteiger charge is -2.18. The largest absolute Gasteiger partial charge is 0.469 e. The van der Waals surface area contributed by atoms with Crippen LogP contribution in [0.3, 0.4) is 0 Å². The number of nitrogens with zero attached hydrogens (tertiary/aromatic N) is 1. The van der Waals surface area contributed by atoms with E-state index in [1.165, 1.54) is 18.4 Å². The van der Waals surface area contributed by atoms with Crippen LogP contribution in [0.5, 0.6) is 0 Å². The maximum absolute atomic E-state index is 12.2. The average Bonchev–Trinajstić information content (AvgIpc) is 3.16. The van der Waals surface area contributed by atoms with E-state index in [0.29, 0.717) is 30.8 Å². The van der Waals surface area contributed by atoms with Gasteiger partial charge in [0.05, 0.1) is 25.8 Å². The van der Waals surface area contributed by atoms with E-state index < -0.39 is 0 Å². The number of benzene rings is 1. The highest BCUT2D eigenvalue weighted by Gasteiger charge is 2.17. The summed E-state index contributed by atoms with van der Waals surface area (Å²) < 4.78 is 4.72. The maximum atomic E-state index is 12.2. The zero-order chi connectivity index (χ0) is 21.8. The molecule has 0 saturated heterocycles. The number of nitrogen functional groups attached to an aromatic ring is 1. The number of amides is 2. The van der Waals surface area contributed by atoms with Gasteiger partial charge in [-0.15, -0.1) is 11.3 Å². The molecule has 0 radical (unpaired) electrons. The first-order valence-corrected chi connectivity index (χ1v) is 10.7. The number of hydrogen-bond acceptors (Lipinski definition) is 7. The van der Waals surface area contributed by atoms with Crippen molar-refractivity contribution < 1.29 is 19.1 Å². The van der Waals surface area contributed by atoms with Crippen molar-refractivity contribution in [1.29, 1.82) is 0 Å². The number of ether oxygens (including phenoxy) is 1. The molecule has 162 valence electrons. The van der Waals surface area contributed by atoms with Crippen LogP contribution < -0.4 is 16.4 Å². The third kappa shape index (κ3) is 9.04. The topological polar surface area (TPSA) is 123 Å². The van der Waals surface area contributed by atoms with Gasteiger partial charge in [0, 0.05) is 17.8 Å². The molecule has 0 aliphatic rings. The summed E-state index contributed by atoms with van der Waals surface area (Å²) in [7, 11) is 1.32. The SMILES string of the molecule is COC(=O)CC(CCc1ccccc1)NC(=O)CNC(=O)CCCc1csc(N)n1. The molecule has 2 amide bonds. The van der Waals surface area contributed by atoms with Crippen LogP contribution in [0.4, 0.5) is 5.13 Å². The van der Waals surface area contributed by atoms with Gasteiger partial charge < -0.3 is 21.1 Å². The molecule has 0 bridgehead atoms. The van der Waals surface area contributed by atoms with Gasteiger partial charge in [-0.3, -0.25) is 14.4 Å². The predicted octanol–water partition coefficient (Wildman–Crippen LogP) is 1.84. The Hall–Kier alpha value is -2.94. The standard InChI is InChI=1S/C21H28N4O4S/c1-29-20(28)12-16(11-10-15-6-3-2-4-7-15)24-19(27)13-23-18(26)9-5-8-17-14-30-21(22)25-17/h2-4,6-7,14,16H,5,8-13H2,1H3,(H2,22,25)(H,23,26)(H,24,27). The van der Waals surface area contributed by atoms with E-state index in [2.05, 4.69) is 15.6 Å². The second-order valence-electron chi connectivity index (χ2n) is 6.88. The van der Waals surface area contributed by atoms with E-state index in [4.69, 9.17) is 10.5 Å². The Morgan fingerprint density at radius 3 is 2.60 bits per heavy atom. The quantitative estimate of drug-likeness (QED) is 0.440. The molecule has 0 aliphatic carbocycles. The molecule has 2 aromatic rings. The van der Waals surface area contributed by atoms with Crippen LogP contribution in [0.1, 0.15) is 36.9 Å². The second kappa shape index (κ2) is 12.6. The van der Waals surface area contributed by atoms with Gasteiger partial charge in [-0.1, -0.05) is 30.3 Å². The fourth-order valence-corrected chi connectivity index (χ4v) is 3.51. The summed E-state index contributed by atoms with van der Waals surface area (Å²) >= 11 is 1.37. The van der Waals surface area contributed by atoms with Gasteiger partial charge in [-0.2, -0.15) is 0 Å². The van der Waals surface area contributed by atoms with Crippen LogP contribution in [0, 0.1) is 0 Å². The van der Waals surface area contributed by atoms with Crippen LogP contribution >= 0.6 is 11.3 Å². The molecule has 0 spiro atoms. The van der Waals surface area contributed by atoms with Crippen LogP contribution in [0.25, 0.3) is 0 Å². The normalized spacial score (nSPS) is 11.5. The fraction of sp³-hybridized carbons (Fsp3) is 0.429. The van der Waals surface area contributed by atoms with E-state index >= 15 is 0 Å². The summed E-state index contributed by atoms with van der Waals surface area (Å²) in [5.74, 6) is -0.931. The second-order valence-corrected chi connectivity index (χ2v) is 7.77. The number of thiazole rings is 1. The number of hydrogen-bond donors (Lipinski definition) is 3. The molecule has 2 rings (SSSR count). The van der Waals surface area contributed by atoms with Crippen LogP contribution in [-0.2, 0) is 32.0 Å². The third-order valence-electron chi connectivity index (χ3n) is 4.48. The molecule has 1 aromatic heterocycles. The Balaban J connectivity index is 1.72. The average molecular weight is 433 g/mol. The zero-order valence-electron chi connectivity index (χ0n) is 17.1. The van der Waals surface area contributed by atoms with Gasteiger partial charge in [0.2, 0.25) is 11.8 Å². The van der Waals surface area contributed by atoms with E-state index in [1.807, 2.05) is 35.7 Å². The van der Waals surface area contributed by atoms with Crippen molar-refractivity contribution in [3.8, 4) is 0 Å². The van der Waals surface area contributed by atoms with Crippen molar-refractivity contribution in [2.24, 2.45) is 0 Å². The minimum absolute atomic E-state index is 0.0831. The molecule has 1 aromatic carbocycles. The summed E-state index contributed by atoms with van der Waals surface area (Å²) in [6.45, 7) is -0.133. The summed E-state index contributed by atoms with van der Waals surface area (Å²) in [4.78, 5) is 40.0. The first kappa shape index (κ1) is 23.3. The van der Waals surface area contributed by atoms with Gasteiger partial charge >= 0.3 is 5.97 Å². The van der Waals surface area contributed by atoms with Crippen molar-refractivity contribution in [3.05, 3.63) is 47.0 Å². The van der Waals surface area contributed by atoms with E-state index in [0.717, 1.165) is 17.7 Å². The predicted molar refractivity (Wildman–Crippen MR) is 116 cm³/mol. The molecule has 1 unspecified atom stereocenters. The number of anilines is 1. The number of aromatic nitrogens is 1. The lowest BCUT2D eigenvalue weighted by atomic mass is 10.0. The Morgan fingerprint density at radius 1 is 1.17 bits per heavy atom. The summed E-state index contributed by atoms with van der Waals surface area (Å²) in [5, 5.41) is 7.81. The molecular formula is C21H28N4O4S. The Kier molecular flexibility index (Phi) is 9.79. The summed E-state index contributed by atoms with van der Waals surface area (Å²) in [6.07, 6.45) is 2.97. The van der Waals surface area contributed by atoms with Crippen LogP contribution in [0.15, 0.2) is 35.7 Å². The molecule has 1 atom stereocenters. The van der Waals surface area contributed by atoms with Crippen molar-refractivity contribution in [1.82, 2.24) is 15.6 Å². The highest BCUT2D eigenvalue weighted by molar-refractivity contribution is 7.13. The lowest BCUT2D eigenvalue weighted by Crippen LogP contribution is -2.43. The maximum Gasteiger partial charge on any atom is 0.307 e. The third-order valence-corrected chi connectivity index (χ3v) is 5.21. The van der Waals surface area contributed by atoms with Crippen molar-refractivity contribution >= 4 is 34.3 Å². The molecule has 30 heavy (non-hydrogen) atoms. The van der Waals surface area contributed by atoms with Crippen molar-refractivity contribution in [2.45, 2.75) is 44.6 Å². The van der Waals surface area contributed by atoms with Crippen LogP contribution in [0.2, 0.25) is 0 Å².